The highest BCUT2D eigenvalue weighted by Crippen LogP contribution is 2.37. The molecule has 1 aromatic carbocycles. The van der Waals surface area contributed by atoms with Gasteiger partial charge in [0.25, 0.3) is 0 Å². The van der Waals surface area contributed by atoms with Gasteiger partial charge in [-0.15, -0.1) is 11.8 Å². The molecular weight excluding hydrogens is 266 g/mol. The van der Waals surface area contributed by atoms with Crippen molar-refractivity contribution in [1.82, 2.24) is 5.32 Å². The predicted molar refractivity (Wildman–Crippen MR) is 77.1 cm³/mol. The zero-order valence-electron chi connectivity index (χ0n) is 10.7. The van der Waals surface area contributed by atoms with Gasteiger partial charge in [0, 0.05) is 21.6 Å². The van der Waals surface area contributed by atoms with E-state index in [-0.39, 0.29) is 17.9 Å². The molecule has 0 spiro atoms. The quantitative estimate of drug-likeness (QED) is 0.907. The Morgan fingerprint density at radius 2 is 2.39 bits per heavy atom. The van der Waals surface area contributed by atoms with Gasteiger partial charge in [-0.25, -0.2) is 0 Å². The van der Waals surface area contributed by atoms with Crippen molar-refractivity contribution in [3.63, 3.8) is 0 Å². The number of rotatable bonds is 3. The van der Waals surface area contributed by atoms with Crippen LogP contribution in [0.4, 0.5) is 0 Å². The van der Waals surface area contributed by atoms with Crippen LogP contribution in [0, 0.1) is 5.92 Å². The number of hydrogen-bond acceptors (Lipinski definition) is 2. The number of halogens is 1. The Morgan fingerprint density at radius 1 is 1.61 bits per heavy atom. The maximum atomic E-state index is 12.0. The normalized spacial score (nSPS) is 20.1. The van der Waals surface area contributed by atoms with E-state index in [1.54, 1.807) is 0 Å². The molecule has 0 radical (unpaired) electrons. The first-order valence-corrected chi connectivity index (χ1v) is 7.70. The van der Waals surface area contributed by atoms with Crippen LogP contribution in [0.15, 0.2) is 23.1 Å². The van der Waals surface area contributed by atoms with Crippen LogP contribution in [-0.4, -0.2) is 11.7 Å². The van der Waals surface area contributed by atoms with E-state index in [2.05, 4.69) is 5.32 Å². The van der Waals surface area contributed by atoms with Gasteiger partial charge in [0.05, 0.1) is 6.04 Å². The molecule has 1 amide bonds. The first-order chi connectivity index (χ1) is 8.61. The van der Waals surface area contributed by atoms with Crippen molar-refractivity contribution in [3.8, 4) is 0 Å². The van der Waals surface area contributed by atoms with Gasteiger partial charge in [-0.2, -0.15) is 0 Å². The molecule has 1 aliphatic rings. The first-order valence-electron chi connectivity index (χ1n) is 6.34. The summed E-state index contributed by atoms with van der Waals surface area (Å²) in [5.41, 5.74) is 1.16. The summed E-state index contributed by atoms with van der Waals surface area (Å²) in [7, 11) is 0. The average molecular weight is 284 g/mol. The topological polar surface area (TPSA) is 29.1 Å². The fourth-order valence-corrected chi connectivity index (χ4v) is 3.30. The SMILES string of the molecule is CC[C@@H](C)C(=O)N[C@@H]1CCSc2ccc(Cl)cc21. The van der Waals surface area contributed by atoms with E-state index in [4.69, 9.17) is 11.6 Å². The third kappa shape index (κ3) is 3.01. The third-order valence-corrected chi connectivity index (χ3v) is 4.75. The number of carbonyl (C=O) groups is 1. The number of benzene rings is 1. The molecule has 2 rings (SSSR count). The average Bonchev–Trinajstić information content (AvgIpc) is 2.38. The second-order valence-corrected chi connectivity index (χ2v) is 6.26. The lowest BCUT2D eigenvalue weighted by Crippen LogP contribution is -2.34. The number of amides is 1. The highest BCUT2D eigenvalue weighted by Gasteiger charge is 2.23. The maximum absolute atomic E-state index is 12.0. The van der Waals surface area contributed by atoms with Crippen molar-refractivity contribution in [2.75, 3.05) is 5.75 Å². The van der Waals surface area contributed by atoms with E-state index in [0.717, 1.165) is 29.2 Å². The predicted octanol–water partition coefficient (Wildman–Crippen LogP) is 4.04. The zero-order chi connectivity index (χ0) is 13.1. The Kier molecular flexibility index (Phi) is 4.57. The summed E-state index contributed by atoms with van der Waals surface area (Å²) in [6, 6.07) is 6.04. The lowest BCUT2D eigenvalue weighted by molar-refractivity contribution is -0.125. The van der Waals surface area contributed by atoms with E-state index >= 15 is 0 Å². The number of hydrogen-bond donors (Lipinski definition) is 1. The molecule has 1 aliphatic heterocycles. The van der Waals surface area contributed by atoms with Gasteiger partial charge in [-0.1, -0.05) is 25.4 Å². The monoisotopic (exact) mass is 283 g/mol. The highest BCUT2D eigenvalue weighted by atomic mass is 35.5. The summed E-state index contributed by atoms with van der Waals surface area (Å²) in [6.07, 6.45) is 1.84. The van der Waals surface area contributed by atoms with Gasteiger partial charge in [-0.05, 0) is 36.6 Å². The fourth-order valence-electron chi connectivity index (χ4n) is 2.01. The van der Waals surface area contributed by atoms with Gasteiger partial charge >= 0.3 is 0 Å². The fraction of sp³-hybridized carbons (Fsp3) is 0.500. The van der Waals surface area contributed by atoms with E-state index in [0.29, 0.717) is 0 Å². The van der Waals surface area contributed by atoms with E-state index in [1.165, 1.54) is 4.90 Å². The Morgan fingerprint density at radius 3 is 3.11 bits per heavy atom. The summed E-state index contributed by atoms with van der Waals surface area (Å²) < 4.78 is 0. The van der Waals surface area contributed by atoms with Crippen LogP contribution in [0.3, 0.4) is 0 Å². The molecule has 1 heterocycles. The highest BCUT2D eigenvalue weighted by molar-refractivity contribution is 7.99. The summed E-state index contributed by atoms with van der Waals surface area (Å²) in [5, 5.41) is 3.88. The molecule has 0 saturated heterocycles. The van der Waals surface area contributed by atoms with Gasteiger partial charge in [0.1, 0.15) is 0 Å². The lowest BCUT2D eigenvalue weighted by Gasteiger charge is -2.27. The first kappa shape index (κ1) is 13.8. The Bertz CT molecular complexity index is 449. The molecule has 0 aromatic heterocycles. The molecule has 0 fully saturated rings. The molecule has 0 unspecified atom stereocenters. The Labute approximate surface area is 117 Å². The smallest absolute Gasteiger partial charge is 0.223 e. The van der Waals surface area contributed by atoms with Crippen molar-refractivity contribution in [2.45, 2.75) is 37.6 Å². The summed E-state index contributed by atoms with van der Waals surface area (Å²) >= 11 is 7.88. The van der Waals surface area contributed by atoms with Crippen molar-refractivity contribution in [3.05, 3.63) is 28.8 Å². The van der Waals surface area contributed by atoms with Gasteiger partial charge < -0.3 is 5.32 Å². The second kappa shape index (κ2) is 5.98. The third-order valence-electron chi connectivity index (χ3n) is 3.39. The minimum atomic E-state index is 0.0715. The van der Waals surface area contributed by atoms with Crippen LogP contribution in [0.5, 0.6) is 0 Å². The molecule has 98 valence electrons. The number of fused-ring (bicyclic) bond motifs is 1. The van der Waals surface area contributed by atoms with Crippen molar-refractivity contribution in [1.29, 1.82) is 0 Å². The van der Waals surface area contributed by atoms with Crippen LogP contribution >= 0.6 is 23.4 Å². The standard InChI is InChI=1S/C14H18ClNOS/c1-3-9(2)14(17)16-12-6-7-18-13-5-4-10(15)8-11(12)13/h4-5,8-9,12H,3,6-7H2,1-2H3,(H,16,17)/t9-,12-/m1/s1. The minimum Gasteiger partial charge on any atom is -0.349 e. The second-order valence-electron chi connectivity index (χ2n) is 4.69. The molecule has 2 nitrogen and oxygen atoms in total. The maximum Gasteiger partial charge on any atom is 0.223 e. The molecule has 2 atom stereocenters. The Balaban J connectivity index is 2.17. The molecule has 4 heteroatoms. The van der Waals surface area contributed by atoms with E-state index in [9.17, 15) is 4.79 Å². The summed E-state index contributed by atoms with van der Waals surface area (Å²) in [5.74, 6) is 1.25. The van der Waals surface area contributed by atoms with Crippen molar-refractivity contribution < 1.29 is 4.79 Å². The summed E-state index contributed by atoms with van der Waals surface area (Å²) in [6.45, 7) is 4.00. The van der Waals surface area contributed by atoms with Gasteiger partial charge in [-0.3, -0.25) is 4.79 Å². The largest absolute Gasteiger partial charge is 0.349 e. The zero-order valence-corrected chi connectivity index (χ0v) is 12.3. The molecule has 1 aromatic rings. The number of carbonyl (C=O) groups excluding carboxylic acids is 1. The minimum absolute atomic E-state index is 0.0715. The van der Waals surface area contributed by atoms with Gasteiger partial charge in [0.2, 0.25) is 5.91 Å². The van der Waals surface area contributed by atoms with Crippen LogP contribution < -0.4 is 5.32 Å². The molecule has 0 bridgehead atoms. The van der Waals surface area contributed by atoms with E-state index in [1.807, 2.05) is 43.8 Å². The van der Waals surface area contributed by atoms with Crippen LogP contribution in [0.2, 0.25) is 5.02 Å². The van der Waals surface area contributed by atoms with Gasteiger partial charge in [0.15, 0.2) is 0 Å². The van der Waals surface area contributed by atoms with Crippen LogP contribution in [0.25, 0.3) is 0 Å². The molecular formula is C14H18ClNOS. The van der Waals surface area contributed by atoms with Crippen molar-refractivity contribution >= 4 is 29.3 Å². The Hall–Kier alpha value is -0.670. The molecule has 18 heavy (non-hydrogen) atoms. The number of thioether (sulfide) groups is 1. The lowest BCUT2D eigenvalue weighted by atomic mass is 10.0. The van der Waals surface area contributed by atoms with Crippen LogP contribution in [0.1, 0.15) is 38.3 Å². The van der Waals surface area contributed by atoms with E-state index < -0.39 is 0 Å². The van der Waals surface area contributed by atoms with Crippen LogP contribution in [-0.2, 0) is 4.79 Å². The molecule has 0 aliphatic carbocycles. The summed E-state index contributed by atoms with van der Waals surface area (Å²) in [4.78, 5) is 13.2. The number of nitrogens with one attached hydrogen (secondary N) is 1. The van der Waals surface area contributed by atoms with Crippen molar-refractivity contribution in [2.24, 2.45) is 5.92 Å². The molecule has 1 N–H and O–H groups in total. The molecule has 0 saturated carbocycles.